The lowest BCUT2D eigenvalue weighted by molar-refractivity contribution is -0.111. The number of nitrogens with zero attached hydrogens (tertiary/aromatic N) is 2. The minimum atomic E-state index is -0.220. The highest BCUT2D eigenvalue weighted by atomic mass is 16.1. The third kappa shape index (κ3) is 2.19. The third-order valence-corrected chi connectivity index (χ3v) is 3.04. The molecule has 0 aliphatic heterocycles. The lowest BCUT2D eigenvalue weighted by Crippen LogP contribution is -2.07. The van der Waals surface area contributed by atoms with Gasteiger partial charge in [-0.05, 0) is 36.4 Å². The molecule has 2 aromatic carbocycles. The molecule has 20 heavy (non-hydrogen) atoms. The molecule has 0 saturated heterocycles. The van der Waals surface area contributed by atoms with Gasteiger partial charge in [0.05, 0.1) is 17.4 Å². The quantitative estimate of drug-likeness (QED) is 0.738. The summed E-state index contributed by atoms with van der Waals surface area (Å²) < 4.78 is 1.87. The number of amides is 1. The summed E-state index contributed by atoms with van der Waals surface area (Å²) in [4.78, 5) is 11.2. The molecule has 3 aromatic rings. The molecule has 4 nitrogen and oxygen atoms in total. The maximum absolute atomic E-state index is 11.2. The number of benzene rings is 2. The van der Waals surface area contributed by atoms with Gasteiger partial charge in [-0.15, -0.1) is 0 Å². The fourth-order valence-corrected chi connectivity index (χ4v) is 2.06. The van der Waals surface area contributed by atoms with E-state index in [9.17, 15) is 4.79 Å². The molecule has 4 heteroatoms. The van der Waals surface area contributed by atoms with Crippen molar-refractivity contribution in [1.29, 1.82) is 0 Å². The number of rotatable bonds is 3. The van der Waals surface area contributed by atoms with Gasteiger partial charge < -0.3 is 5.32 Å². The Bertz CT molecular complexity index is 772. The second-order valence-electron chi connectivity index (χ2n) is 4.36. The highest BCUT2D eigenvalue weighted by Gasteiger charge is 2.04. The summed E-state index contributed by atoms with van der Waals surface area (Å²) in [5.41, 5.74) is 2.73. The molecule has 1 aromatic heterocycles. The molecule has 0 radical (unpaired) electrons. The summed E-state index contributed by atoms with van der Waals surface area (Å²) in [6, 6.07) is 15.5. The molecule has 0 aliphatic rings. The van der Waals surface area contributed by atoms with E-state index < -0.39 is 0 Å². The molecule has 0 saturated carbocycles. The zero-order valence-electron chi connectivity index (χ0n) is 10.8. The summed E-state index contributed by atoms with van der Waals surface area (Å²) in [6.07, 6.45) is 3.08. The maximum Gasteiger partial charge on any atom is 0.247 e. The van der Waals surface area contributed by atoms with Crippen molar-refractivity contribution in [3.63, 3.8) is 0 Å². The summed E-state index contributed by atoms with van der Waals surface area (Å²) in [6.45, 7) is 3.42. The lowest BCUT2D eigenvalue weighted by atomic mass is 10.2. The molecule has 0 spiro atoms. The number of hydrogen-bond donors (Lipinski definition) is 1. The highest BCUT2D eigenvalue weighted by molar-refractivity contribution is 5.98. The smallest absolute Gasteiger partial charge is 0.247 e. The molecule has 1 N–H and O–H groups in total. The molecule has 1 heterocycles. The standard InChI is InChI=1S/C16H13N3O/c1-2-16(20)18-13-7-9-14(10-8-13)19-15-6-4-3-5-12(15)11-17-19/h2-11H,1H2,(H,18,20). The van der Waals surface area contributed by atoms with Crippen LogP contribution in [0.5, 0.6) is 0 Å². The largest absolute Gasteiger partial charge is 0.323 e. The van der Waals surface area contributed by atoms with Crippen LogP contribution in [0.3, 0.4) is 0 Å². The van der Waals surface area contributed by atoms with Crippen molar-refractivity contribution in [2.45, 2.75) is 0 Å². The molecule has 0 fully saturated rings. The first kappa shape index (κ1) is 12.2. The first-order chi connectivity index (χ1) is 9.78. The summed E-state index contributed by atoms with van der Waals surface area (Å²) in [5, 5.41) is 8.19. The van der Waals surface area contributed by atoms with E-state index in [1.54, 1.807) is 0 Å². The van der Waals surface area contributed by atoms with Crippen molar-refractivity contribution in [3.8, 4) is 5.69 Å². The zero-order valence-corrected chi connectivity index (χ0v) is 10.8. The van der Waals surface area contributed by atoms with Gasteiger partial charge in [0, 0.05) is 11.1 Å². The molecular formula is C16H13N3O. The number of para-hydroxylation sites is 1. The van der Waals surface area contributed by atoms with E-state index >= 15 is 0 Å². The van der Waals surface area contributed by atoms with E-state index in [1.165, 1.54) is 6.08 Å². The van der Waals surface area contributed by atoms with Crippen LogP contribution in [0, 0.1) is 0 Å². The monoisotopic (exact) mass is 263 g/mol. The Morgan fingerprint density at radius 3 is 2.65 bits per heavy atom. The van der Waals surface area contributed by atoms with Gasteiger partial charge in [0.25, 0.3) is 0 Å². The van der Waals surface area contributed by atoms with Crippen LogP contribution in [0.4, 0.5) is 5.69 Å². The minimum absolute atomic E-state index is 0.220. The van der Waals surface area contributed by atoms with E-state index in [2.05, 4.69) is 17.0 Å². The van der Waals surface area contributed by atoms with Gasteiger partial charge >= 0.3 is 0 Å². The zero-order chi connectivity index (χ0) is 13.9. The fourth-order valence-electron chi connectivity index (χ4n) is 2.06. The van der Waals surface area contributed by atoms with Crippen LogP contribution >= 0.6 is 0 Å². The Balaban J connectivity index is 1.95. The fraction of sp³-hybridized carbons (Fsp3) is 0. The second kappa shape index (κ2) is 5.01. The van der Waals surface area contributed by atoms with Gasteiger partial charge in [0.15, 0.2) is 0 Å². The third-order valence-electron chi connectivity index (χ3n) is 3.04. The summed E-state index contributed by atoms with van der Waals surface area (Å²) in [7, 11) is 0. The van der Waals surface area contributed by atoms with Crippen LogP contribution in [-0.4, -0.2) is 15.7 Å². The van der Waals surface area contributed by atoms with Crippen molar-refractivity contribution in [2.24, 2.45) is 0 Å². The Hall–Kier alpha value is -2.88. The van der Waals surface area contributed by atoms with Crippen molar-refractivity contribution in [1.82, 2.24) is 9.78 Å². The van der Waals surface area contributed by atoms with Gasteiger partial charge in [0.2, 0.25) is 5.91 Å². The van der Waals surface area contributed by atoms with Crippen LogP contribution in [-0.2, 0) is 4.79 Å². The van der Waals surface area contributed by atoms with Crippen molar-refractivity contribution in [2.75, 3.05) is 5.32 Å². The minimum Gasteiger partial charge on any atom is -0.323 e. The molecular weight excluding hydrogens is 250 g/mol. The number of anilines is 1. The van der Waals surface area contributed by atoms with Crippen molar-refractivity contribution < 1.29 is 4.79 Å². The number of nitrogens with one attached hydrogen (secondary N) is 1. The Kier molecular flexibility index (Phi) is 3.05. The van der Waals surface area contributed by atoms with Gasteiger partial charge in [-0.2, -0.15) is 5.10 Å². The molecule has 0 unspecified atom stereocenters. The molecule has 98 valence electrons. The van der Waals surface area contributed by atoms with Gasteiger partial charge in [0.1, 0.15) is 0 Å². The topological polar surface area (TPSA) is 46.9 Å². The maximum atomic E-state index is 11.2. The van der Waals surface area contributed by atoms with Crippen molar-refractivity contribution >= 4 is 22.5 Å². The molecule has 1 amide bonds. The summed E-state index contributed by atoms with van der Waals surface area (Å²) >= 11 is 0. The van der Waals surface area contributed by atoms with E-state index in [0.717, 1.165) is 22.3 Å². The molecule has 0 atom stereocenters. The van der Waals surface area contributed by atoms with Gasteiger partial charge in [-0.3, -0.25) is 4.79 Å². The van der Waals surface area contributed by atoms with Gasteiger partial charge in [-0.1, -0.05) is 24.8 Å². The lowest BCUT2D eigenvalue weighted by Gasteiger charge is -2.06. The number of carbonyl (C=O) groups is 1. The first-order valence-electron chi connectivity index (χ1n) is 6.24. The normalized spacial score (nSPS) is 10.4. The van der Waals surface area contributed by atoms with Crippen LogP contribution in [0.25, 0.3) is 16.6 Å². The number of hydrogen-bond acceptors (Lipinski definition) is 2. The van der Waals surface area contributed by atoms with Gasteiger partial charge in [-0.25, -0.2) is 4.68 Å². The van der Waals surface area contributed by atoms with Crippen molar-refractivity contribution in [3.05, 3.63) is 67.4 Å². The van der Waals surface area contributed by atoms with E-state index in [1.807, 2.05) is 59.4 Å². The SMILES string of the molecule is C=CC(=O)Nc1ccc(-n2ncc3ccccc32)cc1. The highest BCUT2D eigenvalue weighted by Crippen LogP contribution is 2.19. The van der Waals surface area contributed by atoms with E-state index in [0.29, 0.717) is 0 Å². The predicted octanol–water partition coefficient (Wildman–Crippen LogP) is 3.15. The van der Waals surface area contributed by atoms with Crippen LogP contribution in [0.2, 0.25) is 0 Å². The van der Waals surface area contributed by atoms with Crippen LogP contribution < -0.4 is 5.32 Å². The Morgan fingerprint density at radius 1 is 1.15 bits per heavy atom. The number of aromatic nitrogens is 2. The molecule has 0 bridgehead atoms. The van der Waals surface area contributed by atoms with E-state index in [-0.39, 0.29) is 5.91 Å². The van der Waals surface area contributed by atoms with Crippen LogP contribution in [0.15, 0.2) is 67.4 Å². The van der Waals surface area contributed by atoms with Crippen LogP contribution in [0.1, 0.15) is 0 Å². The Morgan fingerprint density at radius 2 is 1.90 bits per heavy atom. The second-order valence-corrected chi connectivity index (χ2v) is 4.36. The predicted molar refractivity (Wildman–Crippen MR) is 79.9 cm³/mol. The average Bonchev–Trinajstić information content (AvgIpc) is 2.92. The average molecular weight is 263 g/mol. The first-order valence-corrected chi connectivity index (χ1v) is 6.24. The van der Waals surface area contributed by atoms with E-state index in [4.69, 9.17) is 0 Å². The molecule has 3 rings (SSSR count). The number of fused-ring (bicyclic) bond motifs is 1. The summed E-state index contributed by atoms with van der Waals surface area (Å²) in [5.74, 6) is -0.220. The molecule has 0 aliphatic carbocycles. The Labute approximate surface area is 116 Å². The number of carbonyl (C=O) groups excluding carboxylic acids is 1.